The predicted octanol–water partition coefficient (Wildman–Crippen LogP) is 5.21. The minimum absolute atomic E-state index is 0.103. The SMILES string of the molecule is O=[N+]([O-])c1ccc(NN=C(C=C2CCCCC2)c2ccccc2)c([N+](=O)[O-])c1. The molecular weight excluding hydrogens is 360 g/mol. The van der Waals surface area contributed by atoms with Gasteiger partial charge in [-0.25, -0.2) is 0 Å². The molecule has 8 nitrogen and oxygen atoms in total. The van der Waals surface area contributed by atoms with Crippen molar-refractivity contribution in [3.8, 4) is 0 Å². The molecule has 0 bridgehead atoms. The zero-order valence-corrected chi connectivity index (χ0v) is 15.2. The predicted molar refractivity (Wildman–Crippen MR) is 108 cm³/mol. The second-order valence-electron chi connectivity index (χ2n) is 6.55. The molecule has 2 aromatic carbocycles. The second kappa shape index (κ2) is 8.90. The summed E-state index contributed by atoms with van der Waals surface area (Å²) in [5, 5.41) is 26.6. The molecule has 0 aliphatic heterocycles. The van der Waals surface area contributed by atoms with Crippen LogP contribution in [-0.4, -0.2) is 15.6 Å². The van der Waals surface area contributed by atoms with E-state index >= 15 is 0 Å². The second-order valence-corrected chi connectivity index (χ2v) is 6.55. The monoisotopic (exact) mass is 380 g/mol. The van der Waals surface area contributed by atoms with Gasteiger partial charge in [-0.2, -0.15) is 5.10 Å². The van der Waals surface area contributed by atoms with E-state index in [0.29, 0.717) is 5.71 Å². The fraction of sp³-hybridized carbons (Fsp3) is 0.250. The Balaban J connectivity index is 1.95. The van der Waals surface area contributed by atoms with Gasteiger partial charge in [0.1, 0.15) is 5.69 Å². The lowest BCUT2D eigenvalue weighted by Gasteiger charge is -2.14. The first-order valence-corrected chi connectivity index (χ1v) is 9.06. The molecule has 28 heavy (non-hydrogen) atoms. The lowest BCUT2D eigenvalue weighted by Crippen LogP contribution is -2.06. The third-order valence-corrected chi connectivity index (χ3v) is 4.59. The largest absolute Gasteiger partial charge is 0.301 e. The first-order chi connectivity index (χ1) is 13.5. The van der Waals surface area contributed by atoms with E-state index in [1.54, 1.807) is 0 Å². The van der Waals surface area contributed by atoms with Crippen LogP contribution in [0.15, 0.2) is 65.3 Å². The first-order valence-electron chi connectivity index (χ1n) is 9.06. The van der Waals surface area contributed by atoms with Crippen molar-refractivity contribution >= 4 is 22.8 Å². The molecule has 1 fully saturated rings. The van der Waals surface area contributed by atoms with Crippen LogP contribution >= 0.6 is 0 Å². The molecule has 0 amide bonds. The summed E-state index contributed by atoms with van der Waals surface area (Å²) in [5.41, 5.74) is 4.96. The van der Waals surface area contributed by atoms with Crippen LogP contribution in [0.4, 0.5) is 17.1 Å². The lowest BCUT2D eigenvalue weighted by molar-refractivity contribution is -0.393. The fourth-order valence-electron chi connectivity index (χ4n) is 3.13. The van der Waals surface area contributed by atoms with E-state index in [9.17, 15) is 20.2 Å². The van der Waals surface area contributed by atoms with Crippen LogP contribution in [0.25, 0.3) is 0 Å². The molecule has 1 saturated carbocycles. The smallest absolute Gasteiger partial charge is 0.271 e. The van der Waals surface area contributed by atoms with Crippen molar-refractivity contribution in [2.24, 2.45) is 5.10 Å². The highest BCUT2D eigenvalue weighted by atomic mass is 16.6. The summed E-state index contributed by atoms with van der Waals surface area (Å²) in [7, 11) is 0. The Hall–Kier alpha value is -3.55. The average molecular weight is 380 g/mol. The number of nitrogens with one attached hydrogen (secondary N) is 1. The van der Waals surface area contributed by atoms with Gasteiger partial charge in [0.2, 0.25) is 0 Å². The maximum Gasteiger partial charge on any atom is 0.301 e. The van der Waals surface area contributed by atoms with Crippen LogP contribution in [0.3, 0.4) is 0 Å². The number of nitro groups is 2. The first kappa shape index (κ1) is 19.2. The molecule has 144 valence electrons. The van der Waals surface area contributed by atoms with Crippen molar-refractivity contribution < 1.29 is 9.85 Å². The average Bonchev–Trinajstić information content (AvgIpc) is 2.72. The molecule has 1 N–H and O–H groups in total. The van der Waals surface area contributed by atoms with Crippen LogP contribution in [0.1, 0.15) is 37.7 Å². The lowest BCUT2D eigenvalue weighted by atomic mass is 9.93. The van der Waals surface area contributed by atoms with Gasteiger partial charge in [-0.1, -0.05) is 42.3 Å². The van der Waals surface area contributed by atoms with Crippen molar-refractivity contribution in [2.75, 3.05) is 5.43 Å². The minimum atomic E-state index is -0.664. The van der Waals surface area contributed by atoms with Gasteiger partial charge in [-0.05, 0) is 37.8 Å². The van der Waals surface area contributed by atoms with Crippen LogP contribution < -0.4 is 5.43 Å². The molecule has 0 saturated heterocycles. The van der Waals surface area contributed by atoms with Crippen molar-refractivity contribution in [3.63, 3.8) is 0 Å². The highest BCUT2D eigenvalue weighted by Gasteiger charge is 2.19. The summed E-state index contributed by atoms with van der Waals surface area (Å²) >= 11 is 0. The minimum Gasteiger partial charge on any atom is -0.271 e. The zero-order chi connectivity index (χ0) is 19.9. The van der Waals surface area contributed by atoms with Crippen LogP contribution in [0.5, 0.6) is 0 Å². The molecule has 0 unspecified atom stereocenters. The highest BCUT2D eigenvalue weighted by Crippen LogP contribution is 2.29. The molecule has 1 aliphatic rings. The third kappa shape index (κ3) is 4.79. The van der Waals surface area contributed by atoms with Gasteiger partial charge in [0, 0.05) is 11.6 Å². The number of anilines is 1. The molecule has 8 heteroatoms. The van der Waals surface area contributed by atoms with Gasteiger partial charge in [0.05, 0.1) is 21.6 Å². The number of hydrazone groups is 1. The standard InChI is InChI=1S/C20H20N4O4/c25-23(26)17-11-12-18(20(14-17)24(27)28)21-22-19(16-9-5-2-6-10-16)13-15-7-3-1-4-8-15/h2,5-6,9-14,21H,1,3-4,7-8H2. The molecule has 0 atom stereocenters. The molecule has 2 aromatic rings. The normalized spacial score (nSPS) is 14.4. The Morgan fingerprint density at radius 1 is 0.964 bits per heavy atom. The van der Waals surface area contributed by atoms with E-state index < -0.39 is 15.5 Å². The molecular formula is C20H20N4O4. The molecule has 0 spiro atoms. The Bertz CT molecular complexity index is 930. The molecule has 0 heterocycles. The maximum absolute atomic E-state index is 11.3. The Morgan fingerprint density at radius 3 is 2.32 bits per heavy atom. The van der Waals surface area contributed by atoms with Gasteiger partial charge in [-0.15, -0.1) is 0 Å². The van der Waals surface area contributed by atoms with Crippen molar-refractivity contribution in [1.29, 1.82) is 0 Å². The van der Waals surface area contributed by atoms with Crippen LogP contribution in [0, 0.1) is 20.2 Å². The quantitative estimate of drug-likeness (QED) is 0.420. The van der Waals surface area contributed by atoms with E-state index in [4.69, 9.17) is 0 Å². The number of hydrogen-bond donors (Lipinski definition) is 1. The number of non-ortho nitro benzene ring substituents is 1. The summed E-state index contributed by atoms with van der Waals surface area (Å²) in [6.07, 6.45) is 7.58. The summed E-state index contributed by atoms with van der Waals surface area (Å²) < 4.78 is 0. The van der Waals surface area contributed by atoms with Crippen molar-refractivity contribution in [3.05, 3.63) is 86.0 Å². The van der Waals surface area contributed by atoms with Gasteiger partial charge in [-0.3, -0.25) is 25.7 Å². The Labute approximate surface area is 161 Å². The number of hydrogen-bond acceptors (Lipinski definition) is 6. The Morgan fingerprint density at radius 2 is 1.68 bits per heavy atom. The summed E-state index contributed by atoms with van der Waals surface area (Å²) in [4.78, 5) is 20.9. The topological polar surface area (TPSA) is 111 Å². The van der Waals surface area contributed by atoms with Crippen molar-refractivity contribution in [1.82, 2.24) is 0 Å². The summed E-state index contributed by atoms with van der Waals surface area (Å²) in [6.45, 7) is 0. The number of allylic oxidation sites excluding steroid dienone is 2. The zero-order valence-electron chi connectivity index (χ0n) is 15.2. The van der Waals surface area contributed by atoms with Crippen molar-refractivity contribution in [2.45, 2.75) is 32.1 Å². The van der Waals surface area contributed by atoms with E-state index in [0.717, 1.165) is 37.3 Å². The van der Waals surface area contributed by atoms with Gasteiger partial charge >= 0.3 is 5.69 Å². The maximum atomic E-state index is 11.3. The van der Waals surface area contributed by atoms with Gasteiger partial charge < -0.3 is 0 Å². The third-order valence-electron chi connectivity index (χ3n) is 4.59. The van der Waals surface area contributed by atoms with Crippen LogP contribution in [-0.2, 0) is 0 Å². The molecule has 1 aliphatic carbocycles. The fourth-order valence-corrected chi connectivity index (χ4v) is 3.13. The number of rotatable bonds is 6. The van der Waals surface area contributed by atoms with E-state index in [1.807, 2.05) is 36.4 Å². The Kier molecular flexibility index (Phi) is 6.11. The number of nitrogens with zero attached hydrogens (tertiary/aromatic N) is 3. The number of nitro benzene ring substituents is 2. The number of benzene rings is 2. The summed E-state index contributed by atoms with van der Waals surface area (Å²) in [6, 6.07) is 13.0. The molecule has 3 rings (SSSR count). The van der Waals surface area contributed by atoms with E-state index in [1.165, 1.54) is 24.1 Å². The van der Waals surface area contributed by atoms with Gasteiger partial charge in [0.15, 0.2) is 0 Å². The van der Waals surface area contributed by atoms with E-state index in [-0.39, 0.29) is 11.4 Å². The van der Waals surface area contributed by atoms with Crippen LogP contribution in [0.2, 0.25) is 0 Å². The molecule has 0 radical (unpaired) electrons. The van der Waals surface area contributed by atoms with E-state index in [2.05, 4.69) is 10.5 Å². The highest BCUT2D eigenvalue weighted by molar-refractivity contribution is 6.09. The summed E-state index contributed by atoms with van der Waals surface area (Å²) in [5.74, 6) is 0. The van der Waals surface area contributed by atoms with Gasteiger partial charge in [0.25, 0.3) is 5.69 Å². The molecule has 0 aromatic heterocycles.